The molecule has 0 aliphatic rings. The van der Waals surface area contributed by atoms with Crippen LogP contribution in [-0.4, -0.2) is 25.4 Å². The summed E-state index contributed by atoms with van der Waals surface area (Å²) in [4.78, 5) is 4.21. The fourth-order valence-electron chi connectivity index (χ4n) is 1.80. The molecular formula is C13H11F2N5OS. The molecule has 2 aromatic heterocycles. The molecule has 3 rings (SSSR count). The minimum absolute atomic E-state index is 0.144. The van der Waals surface area contributed by atoms with Crippen LogP contribution >= 0.6 is 11.8 Å². The lowest BCUT2D eigenvalue weighted by Gasteiger charge is -2.01. The number of aromatic amines is 1. The van der Waals surface area contributed by atoms with Crippen LogP contribution in [-0.2, 0) is 0 Å². The molecule has 6 nitrogen and oxygen atoms in total. The lowest BCUT2D eigenvalue weighted by atomic mass is 10.2. The lowest BCUT2D eigenvalue weighted by molar-refractivity contribution is 0.470. The van der Waals surface area contributed by atoms with Crippen LogP contribution in [0.1, 0.15) is 24.0 Å². The Hall–Kier alpha value is -2.29. The Bertz CT molecular complexity index is 783. The first-order chi connectivity index (χ1) is 10.5. The second-order valence-corrected chi connectivity index (χ2v) is 5.85. The van der Waals surface area contributed by atoms with E-state index < -0.39 is 11.6 Å². The quantitative estimate of drug-likeness (QED) is 0.742. The van der Waals surface area contributed by atoms with Crippen molar-refractivity contribution in [3.63, 3.8) is 0 Å². The van der Waals surface area contributed by atoms with Crippen LogP contribution in [0.3, 0.4) is 0 Å². The molecule has 22 heavy (non-hydrogen) atoms. The summed E-state index contributed by atoms with van der Waals surface area (Å²) in [5.74, 6) is -0.112. The molecule has 0 aliphatic carbocycles. The summed E-state index contributed by atoms with van der Waals surface area (Å²) >= 11 is 1.30. The maximum atomic E-state index is 13.2. The summed E-state index contributed by atoms with van der Waals surface area (Å²) < 4.78 is 31.8. The van der Waals surface area contributed by atoms with Crippen LogP contribution in [0.25, 0.3) is 11.4 Å². The van der Waals surface area contributed by atoms with Gasteiger partial charge in [-0.15, -0.1) is 15.3 Å². The maximum Gasteiger partial charge on any atom is 0.229 e. The van der Waals surface area contributed by atoms with Gasteiger partial charge in [-0.3, -0.25) is 5.10 Å². The molecule has 1 N–H and O–H groups in total. The third-order valence-electron chi connectivity index (χ3n) is 2.77. The Morgan fingerprint density at radius 1 is 1.18 bits per heavy atom. The van der Waals surface area contributed by atoms with Crippen molar-refractivity contribution in [1.82, 2.24) is 25.4 Å². The minimum Gasteiger partial charge on any atom is -0.424 e. The highest BCUT2D eigenvalue weighted by molar-refractivity contribution is 7.99. The molecule has 0 fully saturated rings. The first-order valence-electron chi connectivity index (χ1n) is 6.37. The van der Waals surface area contributed by atoms with Gasteiger partial charge in [0.05, 0.1) is 5.25 Å². The zero-order valence-corrected chi connectivity index (χ0v) is 12.5. The molecule has 0 bridgehead atoms. The van der Waals surface area contributed by atoms with Gasteiger partial charge in [-0.1, -0.05) is 11.8 Å². The van der Waals surface area contributed by atoms with E-state index in [0.717, 1.165) is 6.07 Å². The third-order valence-corrected chi connectivity index (χ3v) is 3.72. The van der Waals surface area contributed by atoms with E-state index in [-0.39, 0.29) is 16.6 Å². The largest absolute Gasteiger partial charge is 0.424 e. The van der Waals surface area contributed by atoms with E-state index in [1.54, 1.807) is 6.92 Å². The number of rotatable bonds is 4. The molecule has 0 spiro atoms. The van der Waals surface area contributed by atoms with E-state index in [1.807, 2.05) is 6.92 Å². The molecule has 0 unspecified atom stereocenters. The molecule has 0 saturated carbocycles. The van der Waals surface area contributed by atoms with E-state index in [9.17, 15) is 8.78 Å². The van der Waals surface area contributed by atoms with Crippen molar-refractivity contribution in [3.05, 3.63) is 41.6 Å². The lowest BCUT2D eigenvalue weighted by Crippen LogP contribution is -1.90. The average molecular weight is 323 g/mol. The van der Waals surface area contributed by atoms with Crippen LogP contribution < -0.4 is 0 Å². The highest BCUT2D eigenvalue weighted by Gasteiger charge is 2.17. The van der Waals surface area contributed by atoms with Gasteiger partial charge < -0.3 is 4.42 Å². The van der Waals surface area contributed by atoms with Gasteiger partial charge in [0.1, 0.15) is 11.6 Å². The molecule has 0 amide bonds. The highest BCUT2D eigenvalue weighted by atomic mass is 32.2. The van der Waals surface area contributed by atoms with E-state index in [4.69, 9.17) is 4.42 Å². The number of benzene rings is 1. The standard InChI is InChI=1S/C13H11F2N5OS/c1-6(12-19-17-7(2)21-12)22-13-16-11(18-20-13)8-3-9(14)5-10(15)4-8/h3-6H,1-2H3,(H,16,18,20)/t6-/m0/s1. The van der Waals surface area contributed by atoms with Crippen LogP contribution in [0.15, 0.2) is 27.8 Å². The average Bonchev–Trinajstić information content (AvgIpc) is 3.06. The molecule has 3 aromatic rings. The van der Waals surface area contributed by atoms with E-state index in [1.165, 1.54) is 23.9 Å². The molecule has 114 valence electrons. The molecule has 0 radical (unpaired) electrons. The normalized spacial score (nSPS) is 12.5. The van der Waals surface area contributed by atoms with Crippen LogP contribution in [0, 0.1) is 18.6 Å². The summed E-state index contributed by atoms with van der Waals surface area (Å²) in [7, 11) is 0. The Kier molecular flexibility index (Phi) is 3.88. The van der Waals surface area contributed by atoms with Gasteiger partial charge in [-0.05, 0) is 19.1 Å². The van der Waals surface area contributed by atoms with Crippen molar-refractivity contribution in [2.75, 3.05) is 0 Å². The van der Waals surface area contributed by atoms with Gasteiger partial charge in [-0.25, -0.2) is 13.8 Å². The number of thioether (sulfide) groups is 1. The van der Waals surface area contributed by atoms with Crippen molar-refractivity contribution in [1.29, 1.82) is 0 Å². The van der Waals surface area contributed by atoms with Gasteiger partial charge in [0.15, 0.2) is 5.82 Å². The highest BCUT2D eigenvalue weighted by Crippen LogP contribution is 2.32. The molecule has 1 aromatic carbocycles. The minimum atomic E-state index is -0.671. The van der Waals surface area contributed by atoms with Crippen LogP contribution in [0.5, 0.6) is 0 Å². The van der Waals surface area contributed by atoms with Gasteiger partial charge >= 0.3 is 0 Å². The topological polar surface area (TPSA) is 80.5 Å². The van der Waals surface area contributed by atoms with E-state index >= 15 is 0 Å². The smallest absolute Gasteiger partial charge is 0.229 e. The van der Waals surface area contributed by atoms with Crippen LogP contribution in [0.2, 0.25) is 0 Å². The Labute approximate surface area is 128 Å². The summed E-state index contributed by atoms with van der Waals surface area (Å²) in [5.41, 5.74) is 0.290. The summed E-state index contributed by atoms with van der Waals surface area (Å²) in [6.45, 7) is 3.58. The molecule has 0 saturated heterocycles. The first kappa shape index (κ1) is 14.6. The molecular weight excluding hydrogens is 312 g/mol. The molecule has 1 atom stereocenters. The number of nitrogens with zero attached hydrogens (tertiary/aromatic N) is 4. The van der Waals surface area contributed by atoms with E-state index in [0.29, 0.717) is 16.9 Å². The number of halogens is 2. The van der Waals surface area contributed by atoms with Crippen molar-refractivity contribution in [2.45, 2.75) is 24.3 Å². The second-order valence-electron chi connectivity index (χ2n) is 4.54. The molecule has 0 aliphatic heterocycles. The van der Waals surface area contributed by atoms with Crippen molar-refractivity contribution in [2.24, 2.45) is 0 Å². The fourth-order valence-corrected chi connectivity index (χ4v) is 2.56. The number of H-pyrrole nitrogens is 1. The summed E-state index contributed by atoms with van der Waals surface area (Å²) in [6.07, 6.45) is 0. The monoisotopic (exact) mass is 323 g/mol. The Balaban J connectivity index is 1.79. The zero-order chi connectivity index (χ0) is 15.7. The van der Waals surface area contributed by atoms with Gasteiger partial charge in [-0.2, -0.15) is 0 Å². The first-order valence-corrected chi connectivity index (χ1v) is 7.25. The van der Waals surface area contributed by atoms with Crippen molar-refractivity contribution in [3.8, 4) is 11.4 Å². The van der Waals surface area contributed by atoms with Crippen molar-refractivity contribution < 1.29 is 13.2 Å². The number of aryl methyl sites for hydroxylation is 1. The number of aromatic nitrogens is 5. The Morgan fingerprint density at radius 3 is 2.55 bits per heavy atom. The maximum absolute atomic E-state index is 13.2. The van der Waals surface area contributed by atoms with E-state index in [2.05, 4.69) is 25.4 Å². The van der Waals surface area contributed by atoms with Crippen LogP contribution in [0.4, 0.5) is 8.78 Å². The predicted molar refractivity (Wildman–Crippen MR) is 75.0 cm³/mol. The molecule has 2 heterocycles. The zero-order valence-electron chi connectivity index (χ0n) is 11.7. The van der Waals surface area contributed by atoms with Crippen molar-refractivity contribution >= 4 is 11.8 Å². The predicted octanol–water partition coefficient (Wildman–Crippen LogP) is 3.29. The van der Waals surface area contributed by atoms with Gasteiger partial charge in [0, 0.05) is 18.6 Å². The van der Waals surface area contributed by atoms with Gasteiger partial charge in [0.2, 0.25) is 16.9 Å². The summed E-state index contributed by atoms with van der Waals surface area (Å²) in [5, 5.41) is 14.6. The fraction of sp³-hybridized carbons (Fsp3) is 0.231. The SMILES string of the molecule is Cc1nnc([C@H](C)Sc2n[nH]c(-c3cc(F)cc(F)c3)n2)o1. The number of nitrogens with one attached hydrogen (secondary N) is 1. The van der Waals surface area contributed by atoms with Gasteiger partial charge in [0.25, 0.3) is 0 Å². The Morgan fingerprint density at radius 2 is 1.91 bits per heavy atom. The molecule has 9 heteroatoms. The number of hydrogen-bond acceptors (Lipinski definition) is 6. The second kappa shape index (κ2) is 5.84. The summed E-state index contributed by atoms with van der Waals surface area (Å²) in [6, 6.07) is 3.17. The third kappa shape index (κ3) is 3.14. The number of hydrogen-bond donors (Lipinski definition) is 1.